The van der Waals surface area contributed by atoms with Crippen LogP contribution in [-0.4, -0.2) is 28.9 Å². The molecule has 2 rings (SSSR count). The van der Waals surface area contributed by atoms with Crippen molar-refractivity contribution in [3.05, 3.63) is 33.2 Å². The predicted octanol–water partition coefficient (Wildman–Crippen LogP) is 1.51. The maximum Gasteiger partial charge on any atom is 0.337 e. The summed E-state index contributed by atoms with van der Waals surface area (Å²) in [5.74, 6) is -0.981. The first-order valence-corrected chi connectivity index (χ1v) is 6.06. The van der Waals surface area contributed by atoms with Gasteiger partial charge >= 0.3 is 5.97 Å². The van der Waals surface area contributed by atoms with Crippen molar-refractivity contribution in [1.82, 2.24) is 4.57 Å². The van der Waals surface area contributed by atoms with Gasteiger partial charge in [-0.15, -0.1) is 0 Å². The Morgan fingerprint density at radius 2 is 2.00 bits per heavy atom. The lowest BCUT2D eigenvalue weighted by atomic mass is 10.0. The van der Waals surface area contributed by atoms with Gasteiger partial charge in [-0.3, -0.25) is 4.79 Å². The summed E-state index contributed by atoms with van der Waals surface area (Å²) in [5, 5.41) is 9.22. The van der Waals surface area contributed by atoms with E-state index in [-0.39, 0.29) is 17.2 Å². The van der Waals surface area contributed by atoms with Gasteiger partial charge in [-0.1, -0.05) is 0 Å². The number of ether oxygens (including phenoxy) is 1. The molecule has 5 nitrogen and oxygen atoms in total. The average Bonchev–Trinajstić information content (AvgIpc) is 2.28. The zero-order valence-corrected chi connectivity index (χ0v) is 10.6. The van der Waals surface area contributed by atoms with Gasteiger partial charge in [0.25, 0.3) is 5.56 Å². The van der Waals surface area contributed by atoms with Crippen LogP contribution in [0.15, 0.2) is 10.9 Å². The lowest BCUT2D eigenvalue weighted by Gasteiger charge is -2.27. The lowest BCUT2D eigenvalue weighted by Crippen LogP contribution is -2.32. The second-order valence-corrected chi connectivity index (χ2v) is 4.64. The second-order valence-electron chi connectivity index (χ2n) is 4.64. The third-order valence-corrected chi connectivity index (χ3v) is 3.46. The van der Waals surface area contributed by atoms with Gasteiger partial charge in [0.1, 0.15) is 0 Å². The Kier molecular flexibility index (Phi) is 3.52. The predicted molar refractivity (Wildman–Crippen MR) is 66.2 cm³/mol. The zero-order chi connectivity index (χ0) is 13.3. The number of hydrogen-bond acceptors (Lipinski definition) is 3. The molecular formula is C13H17NO4. The molecule has 0 amide bonds. The summed E-state index contributed by atoms with van der Waals surface area (Å²) in [6.45, 7) is 4.60. The molecule has 0 unspecified atom stereocenters. The number of carboxylic acids is 1. The monoisotopic (exact) mass is 251 g/mol. The number of aryl methyl sites for hydroxylation is 1. The van der Waals surface area contributed by atoms with E-state index in [1.54, 1.807) is 18.4 Å². The Morgan fingerprint density at radius 3 is 2.56 bits per heavy atom. The highest BCUT2D eigenvalue weighted by Crippen LogP contribution is 2.23. The Morgan fingerprint density at radius 1 is 1.39 bits per heavy atom. The molecule has 98 valence electrons. The Balaban J connectivity index is 2.56. The first-order chi connectivity index (χ1) is 8.52. The number of nitrogens with zero attached hydrogens (tertiary/aromatic N) is 1. The van der Waals surface area contributed by atoms with Gasteiger partial charge in [-0.2, -0.15) is 0 Å². The van der Waals surface area contributed by atoms with E-state index < -0.39 is 5.97 Å². The van der Waals surface area contributed by atoms with Crippen molar-refractivity contribution < 1.29 is 14.6 Å². The van der Waals surface area contributed by atoms with Crippen LogP contribution in [0.25, 0.3) is 0 Å². The van der Waals surface area contributed by atoms with Gasteiger partial charge < -0.3 is 14.4 Å². The maximum atomic E-state index is 12.1. The summed E-state index contributed by atoms with van der Waals surface area (Å²) in [6, 6.07) is 1.45. The van der Waals surface area contributed by atoms with Crippen LogP contribution in [0.2, 0.25) is 0 Å². The molecule has 1 fully saturated rings. The van der Waals surface area contributed by atoms with Crippen LogP contribution in [0.3, 0.4) is 0 Å². The van der Waals surface area contributed by atoms with Crippen LogP contribution in [0.5, 0.6) is 0 Å². The number of rotatable bonds is 2. The Hall–Kier alpha value is -1.62. The first kappa shape index (κ1) is 12.8. The minimum absolute atomic E-state index is 0.0462. The average molecular weight is 251 g/mol. The van der Waals surface area contributed by atoms with Gasteiger partial charge in [0.15, 0.2) is 0 Å². The number of hydrogen-bond donors (Lipinski definition) is 1. The lowest BCUT2D eigenvalue weighted by molar-refractivity contribution is 0.0664. The minimum Gasteiger partial charge on any atom is -0.478 e. The molecule has 0 spiro atoms. The largest absolute Gasteiger partial charge is 0.478 e. The molecule has 1 saturated heterocycles. The van der Waals surface area contributed by atoms with Crippen LogP contribution in [0.4, 0.5) is 0 Å². The number of carbonyl (C=O) groups is 1. The fourth-order valence-corrected chi connectivity index (χ4v) is 2.62. The van der Waals surface area contributed by atoms with Crippen molar-refractivity contribution >= 4 is 5.97 Å². The van der Waals surface area contributed by atoms with E-state index in [0.29, 0.717) is 24.5 Å². The highest BCUT2D eigenvalue weighted by atomic mass is 16.5. The molecule has 2 heterocycles. The first-order valence-electron chi connectivity index (χ1n) is 6.06. The minimum atomic E-state index is -0.981. The van der Waals surface area contributed by atoms with Crippen molar-refractivity contribution in [3.63, 3.8) is 0 Å². The number of aromatic carboxylic acids is 1. The third-order valence-electron chi connectivity index (χ3n) is 3.46. The third kappa shape index (κ3) is 2.18. The van der Waals surface area contributed by atoms with E-state index in [9.17, 15) is 14.7 Å². The van der Waals surface area contributed by atoms with Crippen LogP contribution >= 0.6 is 0 Å². The molecule has 0 bridgehead atoms. The van der Waals surface area contributed by atoms with E-state index in [0.717, 1.165) is 12.8 Å². The standard InChI is InChI=1S/C13H17NO4/c1-8-7-11(15)14(9(2)12(8)13(16)17)10-3-5-18-6-4-10/h7,10H,3-6H2,1-2H3,(H,16,17). The SMILES string of the molecule is Cc1cc(=O)n(C2CCOCC2)c(C)c1C(=O)O. The van der Waals surface area contributed by atoms with Crippen LogP contribution in [-0.2, 0) is 4.74 Å². The zero-order valence-electron chi connectivity index (χ0n) is 10.6. The fourth-order valence-electron chi connectivity index (χ4n) is 2.62. The molecular weight excluding hydrogens is 234 g/mol. The normalized spacial score (nSPS) is 16.8. The summed E-state index contributed by atoms with van der Waals surface area (Å²) >= 11 is 0. The maximum absolute atomic E-state index is 12.1. The van der Waals surface area contributed by atoms with E-state index >= 15 is 0 Å². The van der Waals surface area contributed by atoms with E-state index in [2.05, 4.69) is 0 Å². The summed E-state index contributed by atoms with van der Waals surface area (Å²) < 4.78 is 6.88. The molecule has 18 heavy (non-hydrogen) atoms. The summed E-state index contributed by atoms with van der Waals surface area (Å²) in [4.78, 5) is 23.3. The number of pyridine rings is 1. The molecule has 1 aromatic heterocycles. The van der Waals surface area contributed by atoms with E-state index in [1.807, 2.05) is 0 Å². The van der Waals surface area contributed by atoms with Crippen molar-refractivity contribution in [3.8, 4) is 0 Å². The van der Waals surface area contributed by atoms with Crippen molar-refractivity contribution in [2.75, 3.05) is 13.2 Å². The van der Waals surface area contributed by atoms with E-state index in [4.69, 9.17) is 4.74 Å². The van der Waals surface area contributed by atoms with Gasteiger partial charge in [-0.25, -0.2) is 4.79 Å². The quantitative estimate of drug-likeness (QED) is 0.865. The van der Waals surface area contributed by atoms with Crippen LogP contribution in [0, 0.1) is 13.8 Å². The number of carboxylic acid groups (broad SMARTS) is 1. The van der Waals surface area contributed by atoms with Gasteiger partial charge in [0.05, 0.1) is 5.56 Å². The highest BCUT2D eigenvalue weighted by molar-refractivity contribution is 5.90. The summed E-state index contributed by atoms with van der Waals surface area (Å²) in [7, 11) is 0. The summed E-state index contributed by atoms with van der Waals surface area (Å²) in [5.41, 5.74) is 1.18. The molecule has 1 aliphatic heterocycles. The van der Waals surface area contributed by atoms with E-state index in [1.165, 1.54) is 6.07 Å². The molecule has 0 saturated carbocycles. The molecule has 0 atom stereocenters. The molecule has 1 aromatic rings. The van der Waals surface area contributed by atoms with Crippen molar-refractivity contribution in [2.24, 2.45) is 0 Å². The van der Waals surface area contributed by atoms with Crippen molar-refractivity contribution in [1.29, 1.82) is 0 Å². The molecule has 1 N–H and O–H groups in total. The summed E-state index contributed by atoms with van der Waals surface area (Å²) in [6.07, 6.45) is 1.51. The smallest absolute Gasteiger partial charge is 0.337 e. The molecule has 0 aromatic carbocycles. The number of aromatic nitrogens is 1. The second kappa shape index (κ2) is 4.94. The Bertz CT molecular complexity index is 527. The topological polar surface area (TPSA) is 68.5 Å². The molecule has 0 radical (unpaired) electrons. The highest BCUT2D eigenvalue weighted by Gasteiger charge is 2.22. The molecule has 5 heteroatoms. The van der Waals surface area contributed by atoms with Crippen molar-refractivity contribution in [2.45, 2.75) is 32.7 Å². The molecule has 0 aliphatic carbocycles. The molecule has 1 aliphatic rings. The van der Waals surface area contributed by atoms with Crippen LogP contribution in [0.1, 0.15) is 40.5 Å². The van der Waals surface area contributed by atoms with Gasteiger partial charge in [-0.05, 0) is 32.3 Å². The van der Waals surface area contributed by atoms with Crippen LogP contribution < -0.4 is 5.56 Å². The van der Waals surface area contributed by atoms with Gasteiger partial charge in [0, 0.05) is 31.0 Å². The van der Waals surface area contributed by atoms with Gasteiger partial charge in [0.2, 0.25) is 0 Å². The fraction of sp³-hybridized carbons (Fsp3) is 0.538. The Labute approximate surface area is 105 Å².